The number of nitrogens with zero attached hydrogens (tertiary/aromatic N) is 1. The lowest BCUT2D eigenvalue weighted by molar-refractivity contribution is 0.587. The van der Waals surface area contributed by atoms with Gasteiger partial charge in [0, 0.05) is 28.8 Å². The highest BCUT2D eigenvalue weighted by molar-refractivity contribution is 7.99. The minimum absolute atomic E-state index is 0.216. The Morgan fingerprint density at radius 3 is 2.65 bits per heavy atom. The van der Waals surface area contributed by atoms with Crippen LogP contribution >= 0.6 is 23.1 Å². The van der Waals surface area contributed by atoms with Crippen molar-refractivity contribution in [2.45, 2.75) is 25.1 Å². The van der Waals surface area contributed by atoms with Crippen molar-refractivity contribution in [3.63, 3.8) is 0 Å². The maximum Gasteiger partial charge on any atom is 0.123 e. The van der Waals surface area contributed by atoms with Gasteiger partial charge in [-0.3, -0.25) is 0 Å². The fourth-order valence-corrected chi connectivity index (χ4v) is 2.75. The molecule has 0 fully saturated rings. The smallest absolute Gasteiger partial charge is 0.123 e. The normalized spacial score (nSPS) is 11.8. The number of halogens is 1. The third-order valence-electron chi connectivity index (χ3n) is 3.05. The fourth-order valence-electron chi connectivity index (χ4n) is 1.68. The van der Waals surface area contributed by atoms with E-state index >= 15 is 0 Å². The molecule has 2 nitrogen and oxygen atoms in total. The first-order valence-electron chi connectivity index (χ1n) is 6.46. The number of rotatable bonds is 6. The molecule has 5 heteroatoms. The number of benzene rings is 1. The lowest BCUT2D eigenvalue weighted by Crippen LogP contribution is -2.31. The van der Waals surface area contributed by atoms with Crippen LogP contribution in [0.25, 0.3) is 10.6 Å². The Morgan fingerprint density at radius 1 is 1.30 bits per heavy atom. The standard InChI is InChI=1S/C15H19FN2S2/c1-15(2,19-3)10-17-8-13-9-20-14(18-13)11-4-6-12(16)7-5-11/h4-7,9,17H,8,10H2,1-3H3. The van der Waals surface area contributed by atoms with Gasteiger partial charge in [0.1, 0.15) is 10.8 Å². The molecule has 0 atom stereocenters. The third-order valence-corrected chi connectivity index (χ3v) is 5.24. The topological polar surface area (TPSA) is 24.9 Å². The molecule has 1 heterocycles. The number of nitrogens with one attached hydrogen (secondary N) is 1. The summed E-state index contributed by atoms with van der Waals surface area (Å²) in [6.07, 6.45) is 2.12. The SMILES string of the molecule is CSC(C)(C)CNCc1csc(-c2ccc(F)cc2)n1. The molecule has 1 aromatic heterocycles. The fraction of sp³-hybridized carbons (Fsp3) is 0.400. The van der Waals surface area contributed by atoms with E-state index in [0.717, 1.165) is 29.4 Å². The van der Waals surface area contributed by atoms with Crippen molar-refractivity contribution in [3.8, 4) is 10.6 Å². The maximum atomic E-state index is 12.9. The second kappa shape index (κ2) is 6.70. The van der Waals surface area contributed by atoms with E-state index in [1.54, 1.807) is 23.5 Å². The van der Waals surface area contributed by atoms with E-state index in [0.29, 0.717) is 0 Å². The average molecular weight is 310 g/mol. The van der Waals surface area contributed by atoms with Crippen LogP contribution in [0.15, 0.2) is 29.6 Å². The van der Waals surface area contributed by atoms with Gasteiger partial charge in [0.25, 0.3) is 0 Å². The first-order chi connectivity index (χ1) is 9.50. The third kappa shape index (κ3) is 4.30. The molecular weight excluding hydrogens is 291 g/mol. The van der Waals surface area contributed by atoms with Crippen LogP contribution in [-0.4, -0.2) is 22.5 Å². The molecule has 0 radical (unpaired) electrons. The number of thiazole rings is 1. The van der Waals surface area contributed by atoms with Crippen LogP contribution in [0, 0.1) is 5.82 Å². The molecule has 0 saturated carbocycles. The summed E-state index contributed by atoms with van der Waals surface area (Å²) in [7, 11) is 0. The number of thioether (sulfide) groups is 1. The molecule has 0 aliphatic heterocycles. The van der Waals surface area contributed by atoms with Crippen molar-refractivity contribution in [1.82, 2.24) is 10.3 Å². The van der Waals surface area contributed by atoms with Gasteiger partial charge in [-0.2, -0.15) is 11.8 Å². The largest absolute Gasteiger partial charge is 0.310 e. The van der Waals surface area contributed by atoms with E-state index in [-0.39, 0.29) is 10.6 Å². The van der Waals surface area contributed by atoms with E-state index in [9.17, 15) is 4.39 Å². The van der Waals surface area contributed by atoms with Gasteiger partial charge in [-0.1, -0.05) is 0 Å². The molecule has 0 spiro atoms. The zero-order chi connectivity index (χ0) is 14.6. The van der Waals surface area contributed by atoms with Crippen molar-refractivity contribution in [1.29, 1.82) is 0 Å². The molecule has 0 aliphatic rings. The number of aromatic nitrogens is 1. The van der Waals surface area contributed by atoms with E-state index in [1.165, 1.54) is 12.1 Å². The van der Waals surface area contributed by atoms with Crippen molar-refractivity contribution in [2.75, 3.05) is 12.8 Å². The van der Waals surface area contributed by atoms with Crippen LogP contribution in [0.3, 0.4) is 0 Å². The van der Waals surface area contributed by atoms with Gasteiger partial charge in [0.2, 0.25) is 0 Å². The highest BCUT2D eigenvalue weighted by Crippen LogP contribution is 2.24. The zero-order valence-electron chi connectivity index (χ0n) is 11.9. The van der Waals surface area contributed by atoms with Gasteiger partial charge >= 0.3 is 0 Å². The first-order valence-corrected chi connectivity index (χ1v) is 8.57. The van der Waals surface area contributed by atoms with Crippen LogP contribution in [0.1, 0.15) is 19.5 Å². The second-order valence-corrected chi connectivity index (χ2v) is 7.59. The van der Waals surface area contributed by atoms with Crippen LogP contribution in [0.4, 0.5) is 4.39 Å². The van der Waals surface area contributed by atoms with Crippen molar-refractivity contribution >= 4 is 23.1 Å². The Hall–Kier alpha value is -0.910. The summed E-state index contributed by atoms with van der Waals surface area (Å²) in [5, 5.41) is 6.42. The zero-order valence-corrected chi connectivity index (χ0v) is 13.6. The van der Waals surface area contributed by atoms with E-state index in [1.807, 2.05) is 11.8 Å². The van der Waals surface area contributed by atoms with Gasteiger partial charge < -0.3 is 5.32 Å². The monoisotopic (exact) mass is 310 g/mol. The quantitative estimate of drug-likeness (QED) is 0.866. The summed E-state index contributed by atoms with van der Waals surface area (Å²) in [4.78, 5) is 4.58. The van der Waals surface area contributed by atoms with Crippen molar-refractivity contribution < 1.29 is 4.39 Å². The molecular formula is C15H19FN2S2. The maximum absolute atomic E-state index is 12.9. The summed E-state index contributed by atoms with van der Waals surface area (Å²) in [5.41, 5.74) is 2.00. The summed E-state index contributed by atoms with van der Waals surface area (Å²) in [5.74, 6) is -0.216. The number of hydrogen-bond donors (Lipinski definition) is 1. The molecule has 20 heavy (non-hydrogen) atoms. The molecule has 0 aliphatic carbocycles. The molecule has 2 aromatic rings. The molecule has 1 aromatic carbocycles. The molecule has 0 bridgehead atoms. The first kappa shape index (κ1) is 15.5. The van der Waals surface area contributed by atoms with Crippen LogP contribution in [0.2, 0.25) is 0 Å². The van der Waals surface area contributed by atoms with Crippen LogP contribution in [0.5, 0.6) is 0 Å². The Morgan fingerprint density at radius 2 is 2.00 bits per heavy atom. The molecule has 2 rings (SSSR count). The van der Waals surface area contributed by atoms with E-state index < -0.39 is 0 Å². The highest BCUT2D eigenvalue weighted by Gasteiger charge is 2.15. The molecule has 0 amide bonds. The van der Waals surface area contributed by atoms with Crippen molar-refractivity contribution in [2.24, 2.45) is 0 Å². The summed E-state index contributed by atoms with van der Waals surface area (Å²) in [6, 6.07) is 6.47. The lowest BCUT2D eigenvalue weighted by Gasteiger charge is -2.21. The lowest BCUT2D eigenvalue weighted by atomic mass is 10.2. The Bertz CT molecular complexity index is 549. The predicted octanol–water partition coefficient (Wildman–Crippen LogP) is 4.18. The highest BCUT2D eigenvalue weighted by atomic mass is 32.2. The van der Waals surface area contributed by atoms with Crippen LogP contribution in [-0.2, 0) is 6.54 Å². The van der Waals surface area contributed by atoms with Gasteiger partial charge in [-0.25, -0.2) is 9.37 Å². The summed E-state index contributed by atoms with van der Waals surface area (Å²) < 4.78 is 13.1. The summed E-state index contributed by atoms with van der Waals surface area (Å²) >= 11 is 3.44. The predicted molar refractivity (Wildman–Crippen MR) is 86.8 cm³/mol. The summed E-state index contributed by atoms with van der Waals surface area (Å²) in [6.45, 7) is 6.14. The van der Waals surface area contributed by atoms with E-state index in [2.05, 4.69) is 35.8 Å². The number of hydrogen-bond acceptors (Lipinski definition) is 4. The van der Waals surface area contributed by atoms with Crippen LogP contribution < -0.4 is 5.32 Å². The van der Waals surface area contributed by atoms with Gasteiger partial charge in [-0.15, -0.1) is 11.3 Å². The molecule has 0 unspecified atom stereocenters. The molecule has 108 valence electrons. The Labute approximate surface area is 127 Å². The molecule has 1 N–H and O–H groups in total. The average Bonchev–Trinajstić information content (AvgIpc) is 2.88. The minimum atomic E-state index is -0.216. The van der Waals surface area contributed by atoms with Gasteiger partial charge in [0.05, 0.1) is 5.69 Å². The van der Waals surface area contributed by atoms with E-state index in [4.69, 9.17) is 0 Å². The Kier molecular flexibility index (Phi) is 5.18. The Balaban J connectivity index is 1.94. The van der Waals surface area contributed by atoms with Gasteiger partial charge in [0.15, 0.2) is 0 Å². The minimum Gasteiger partial charge on any atom is -0.310 e. The van der Waals surface area contributed by atoms with Crippen molar-refractivity contribution in [3.05, 3.63) is 41.2 Å². The molecule has 0 saturated heterocycles. The second-order valence-electron chi connectivity index (χ2n) is 5.22. The van der Waals surface area contributed by atoms with Gasteiger partial charge in [-0.05, 0) is 44.4 Å².